The first-order valence-electron chi connectivity index (χ1n) is 9.48. The van der Waals surface area contributed by atoms with Crippen LogP contribution in [0.1, 0.15) is 16.7 Å². The number of hydrogen-bond donors (Lipinski definition) is 0. The average molecular weight is 466 g/mol. The molecule has 0 saturated heterocycles. The van der Waals surface area contributed by atoms with Crippen LogP contribution in [-0.4, -0.2) is 9.78 Å². The van der Waals surface area contributed by atoms with Gasteiger partial charge in [0, 0.05) is 16.5 Å². The van der Waals surface area contributed by atoms with E-state index in [4.69, 9.17) is 0 Å². The number of hydrogen-bond acceptors (Lipinski definition) is 2. The first-order valence-corrected chi connectivity index (χ1v) is 9.48. The number of halogens is 7. The lowest BCUT2D eigenvalue weighted by Crippen LogP contribution is -2.18. The van der Waals surface area contributed by atoms with Crippen molar-refractivity contribution >= 4 is 10.9 Å². The summed E-state index contributed by atoms with van der Waals surface area (Å²) >= 11 is 0. The van der Waals surface area contributed by atoms with E-state index in [9.17, 15) is 35.5 Å². The maximum Gasteiger partial charge on any atom is 0.416 e. The number of rotatable bonds is 3. The topological polar surface area (TPSA) is 34.9 Å². The summed E-state index contributed by atoms with van der Waals surface area (Å²) in [6.45, 7) is -0.350. The van der Waals surface area contributed by atoms with Crippen molar-refractivity contribution in [2.45, 2.75) is 18.9 Å². The first kappa shape index (κ1) is 22.5. The third-order valence-electron chi connectivity index (χ3n) is 5.03. The lowest BCUT2D eigenvalue weighted by molar-refractivity contribution is -0.138. The number of alkyl halides is 6. The van der Waals surface area contributed by atoms with Crippen LogP contribution in [0.15, 0.2) is 71.5 Å². The van der Waals surface area contributed by atoms with E-state index in [0.717, 1.165) is 30.3 Å². The van der Waals surface area contributed by atoms with Crippen LogP contribution in [0, 0.1) is 5.82 Å². The quantitative estimate of drug-likeness (QED) is 0.333. The van der Waals surface area contributed by atoms with Gasteiger partial charge in [0.2, 0.25) is 5.43 Å². The summed E-state index contributed by atoms with van der Waals surface area (Å²) in [7, 11) is 0. The Balaban J connectivity index is 1.87. The van der Waals surface area contributed by atoms with Crippen LogP contribution in [0.4, 0.5) is 30.7 Å². The van der Waals surface area contributed by atoms with Crippen molar-refractivity contribution in [3.63, 3.8) is 0 Å². The van der Waals surface area contributed by atoms with Gasteiger partial charge in [0.05, 0.1) is 23.2 Å². The largest absolute Gasteiger partial charge is 0.416 e. The Hall–Kier alpha value is -3.69. The van der Waals surface area contributed by atoms with Crippen LogP contribution in [-0.2, 0) is 18.9 Å². The maximum atomic E-state index is 14.4. The zero-order valence-electron chi connectivity index (χ0n) is 16.5. The molecule has 4 rings (SSSR count). The predicted molar refractivity (Wildman–Crippen MR) is 107 cm³/mol. The highest BCUT2D eigenvalue weighted by molar-refractivity contribution is 5.82. The lowest BCUT2D eigenvalue weighted by Gasteiger charge is -2.14. The lowest BCUT2D eigenvalue weighted by atomic mass is 10.1. The second kappa shape index (κ2) is 8.02. The van der Waals surface area contributed by atoms with E-state index in [0.29, 0.717) is 6.07 Å². The number of nitrogens with zero attached hydrogens (tertiary/aromatic N) is 2. The Morgan fingerprint density at radius 1 is 0.788 bits per heavy atom. The highest BCUT2D eigenvalue weighted by Crippen LogP contribution is 2.32. The van der Waals surface area contributed by atoms with E-state index >= 15 is 0 Å². The molecular weight excluding hydrogens is 453 g/mol. The summed E-state index contributed by atoms with van der Waals surface area (Å²) in [5.74, 6) is -1.13. The highest BCUT2D eigenvalue weighted by atomic mass is 19.4. The number of fused-ring (bicyclic) bond motifs is 1. The zero-order chi connectivity index (χ0) is 24.0. The van der Waals surface area contributed by atoms with Crippen molar-refractivity contribution in [1.29, 1.82) is 0 Å². The Bertz CT molecular complexity index is 1400. The molecule has 0 radical (unpaired) electrons. The van der Waals surface area contributed by atoms with Crippen molar-refractivity contribution in [2.24, 2.45) is 0 Å². The average Bonchev–Trinajstić information content (AvgIpc) is 2.76. The van der Waals surface area contributed by atoms with Gasteiger partial charge >= 0.3 is 12.4 Å². The van der Waals surface area contributed by atoms with Gasteiger partial charge in [0.1, 0.15) is 11.5 Å². The summed E-state index contributed by atoms with van der Waals surface area (Å²) in [6, 6.07) is 12.1. The summed E-state index contributed by atoms with van der Waals surface area (Å²) in [5, 5.41) is 4.27. The summed E-state index contributed by atoms with van der Waals surface area (Å²) < 4.78 is 93.5. The Morgan fingerprint density at radius 3 is 2.12 bits per heavy atom. The van der Waals surface area contributed by atoms with Gasteiger partial charge in [0.15, 0.2) is 0 Å². The van der Waals surface area contributed by atoms with E-state index in [1.165, 1.54) is 22.9 Å². The van der Waals surface area contributed by atoms with E-state index in [1.54, 1.807) is 12.1 Å². The van der Waals surface area contributed by atoms with Crippen molar-refractivity contribution in [1.82, 2.24) is 9.78 Å². The molecule has 170 valence electrons. The van der Waals surface area contributed by atoms with Crippen LogP contribution < -0.4 is 5.43 Å². The molecule has 0 amide bonds. The van der Waals surface area contributed by atoms with E-state index in [2.05, 4.69) is 5.10 Å². The summed E-state index contributed by atoms with van der Waals surface area (Å²) in [6.07, 6.45) is -9.37. The van der Waals surface area contributed by atoms with Gasteiger partial charge in [-0.3, -0.25) is 9.48 Å². The van der Waals surface area contributed by atoms with Gasteiger partial charge in [-0.05, 0) is 36.4 Å². The van der Waals surface area contributed by atoms with Crippen LogP contribution in [0.25, 0.3) is 22.2 Å². The SMILES string of the molecule is O=c1c(-c2cccc(C(F)(F)F)c2)nn(Cc2ccc(C(F)(F)F)cc2F)c2ccccc12. The van der Waals surface area contributed by atoms with Gasteiger partial charge in [0.25, 0.3) is 0 Å². The number of aromatic nitrogens is 2. The molecule has 33 heavy (non-hydrogen) atoms. The van der Waals surface area contributed by atoms with Gasteiger partial charge in [-0.25, -0.2) is 4.39 Å². The normalized spacial score (nSPS) is 12.3. The zero-order valence-corrected chi connectivity index (χ0v) is 16.5. The molecule has 1 heterocycles. The Morgan fingerprint density at radius 2 is 1.45 bits per heavy atom. The molecule has 0 saturated carbocycles. The molecule has 0 bridgehead atoms. The molecule has 0 spiro atoms. The minimum atomic E-state index is -4.72. The smallest absolute Gasteiger partial charge is 0.287 e. The maximum absolute atomic E-state index is 14.4. The van der Waals surface area contributed by atoms with Crippen molar-refractivity contribution in [2.75, 3.05) is 0 Å². The number of para-hydroxylation sites is 1. The molecule has 3 aromatic carbocycles. The monoisotopic (exact) mass is 466 g/mol. The van der Waals surface area contributed by atoms with E-state index < -0.39 is 34.7 Å². The fraction of sp³-hybridized carbons (Fsp3) is 0.130. The molecule has 0 fully saturated rings. The van der Waals surface area contributed by atoms with Crippen molar-refractivity contribution in [3.05, 3.63) is 99.5 Å². The minimum absolute atomic E-state index is 0.0952. The number of benzene rings is 3. The fourth-order valence-corrected chi connectivity index (χ4v) is 3.40. The molecule has 0 atom stereocenters. The standard InChI is InChI=1S/C23H13F7N2O/c24-18-11-16(23(28,29)30)9-8-14(18)12-32-19-7-2-1-6-17(19)21(33)20(31-32)13-4-3-5-15(10-13)22(25,26)27/h1-11H,12H2. The second-order valence-electron chi connectivity index (χ2n) is 7.24. The Kier molecular flexibility index (Phi) is 5.47. The molecule has 0 aliphatic rings. The van der Waals surface area contributed by atoms with Gasteiger partial charge in [-0.1, -0.05) is 30.3 Å². The Labute approximate surface area is 181 Å². The molecule has 4 aromatic rings. The van der Waals surface area contributed by atoms with Crippen LogP contribution in [0.3, 0.4) is 0 Å². The van der Waals surface area contributed by atoms with E-state index in [1.807, 2.05) is 0 Å². The molecule has 3 nitrogen and oxygen atoms in total. The third-order valence-corrected chi connectivity index (χ3v) is 5.03. The van der Waals surface area contributed by atoms with Crippen molar-refractivity contribution < 1.29 is 30.7 Å². The second-order valence-corrected chi connectivity index (χ2v) is 7.24. The highest BCUT2D eigenvalue weighted by Gasteiger charge is 2.32. The fourth-order valence-electron chi connectivity index (χ4n) is 3.40. The van der Waals surface area contributed by atoms with Crippen LogP contribution in [0.5, 0.6) is 0 Å². The van der Waals surface area contributed by atoms with Gasteiger partial charge in [-0.15, -0.1) is 0 Å². The van der Waals surface area contributed by atoms with Crippen LogP contribution in [0.2, 0.25) is 0 Å². The summed E-state index contributed by atoms with van der Waals surface area (Å²) in [5.41, 5.74) is -3.05. The third kappa shape index (κ3) is 4.46. The molecular formula is C23H13F7N2O. The molecule has 0 aliphatic heterocycles. The molecule has 1 aromatic heterocycles. The molecule has 10 heteroatoms. The van der Waals surface area contributed by atoms with Gasteiger partial charge in [-0.2, -0.15) is 31.4 Å². The van der Waals surface area contributed by atoms with Gasteiger partial charge < -0.3 is 0 Å². The summed E-state index contributed by atoms with van der Waals surface area (Å²) in [4.78, 5) is 13.0. The first-order chi connectivity index (χ1) is 15.4. The van der Waals surface area contributed by atoms with Crippen LogP contribution >= 0.6 is 0 Å². The minimum Gasteiger partial charge on any atom is -0.287 e. The molecule has 0 aliphatic carbocycles. The molecule has 0 unspecified atom stereocenters. The molecule has 0 N–H and O–H groups in total. The van der Waals surface area contributed by atoms with E-state index in [-0.39, 0.29) is 34.3 Å². The predicted octanol–water partition coefficient (Wildman–Crippen LogP) is 6.29. The van der Waals surface area contributed by atoms with Crippen molar-refractivity contribution in [3.8, 4) is 11.3 Å².